The highest BCUT2D eigenvalue weighted by atomic mass is 35.5. The SMILES string of the molecule is Cc1c(O)ccc2c(C[NH2+][C@H](C)c3ccc(Cl)cc3)cc(=O)oc12. The number of hydrogen-bond acceptors (Lipinski definition) is 3. The predicted octanol–water partition coefficient (Wildman–Crippen LogP) is 3.29. The first kappa shape index (κ1) is 16.6. The molecule has 1 atom stereocenters. The molecule has 3 N–H and O–H groups in total. The molecule has 4 nitrogen and oxygen atoms in total. The van der Waals surface area contributed by atoms with Gasteiger partial charge in [0.2, 0.25) is 0 Å². The second-order valence-corrected chi connectivity index (χ2v) is 6.39. The molecule has 3 aromatic rings. The molecule has 2 aromatic carbocycles. The minimum absolute atomic E-state index is 0.126. The number of aryl methyl sites for hydroxylation is 1. The van der Waals surface area contributed by atoms with Crippen LogP contribution in [-0.2, 0) is 6.54 Å². The topological polar surface area (TPSA) is 67.1 Å². The van der Waals surface area contributed by atoms with Gasteiger partial charge < -0.3 is 14.8 Å². The van der Waals surface area contributed by atoms with E-state index in [0.29, 0.717) is 22.7 Å². The molecular weight excluding hydrogens is 326 g/mol. The summed E-state index contributed by atoms with van der Waals surface area (Å²) >= 11 is 5.92. The zero-order valence-electron chi connectivity index (χ0n) is 13.5. The molecule has 0 aliphatic heterocycles. The van der Waals surface area contributed by atoms with Gasteiger partial charge in [-0.15, -0.1) is 0 Å². The molecule has 0 spiro atoms. The lowest BCUT2D eigenvalue weighted by molar-refractivity contribution is -0.707. The van der Waals surface area contributed by atoms with Crippen molar-refractivity contribution < 1.29 is 14.8 Å². The van der Waals surface area contributed by atoms with E-state index in [9.17, 15) is 9.90 Å². The molecule has 5 heteroatoms. The van der Waals surface area contributed by atoms with Gasteiger partial charge in [0.05, 0.1) is 0 Å². The third-order valence-electron chi connectivity index (χ3n) is 4.31. The first-order valence-corrected chi connectivity index (χ1v) is 8.17. The lowest BCUT2D eigenvalue weighted by Gasteiger charge is -2.12. The van der Waals surface area contributed by atoms with Crippen LogP contribution < -0.4 is 10.9 Å². The summed E-state index contributed by atoms with van der Waals surface area (Å²) in [5.41, 5.74) is 2.69. The molecule has 1 aromatic heterocycles. The zero-order valence-corrected chi connectivity index (χ0v) is 14.3. The van der Waals surface area contributed by atoms with Crippen molar-refractivity contribution in [1.82, 2.24) is 0 Å². The zero-order chi connectivity index (χ0) is 17.3. The standard InChI is InChI=1S/C19H18ClNO3/c1-11-17(22)8-7-16-14(9-18(23)24-19(11)16)10-21-12(2)13-3-5-15(20)6-4-13/h3-9,12,21-22H,10H2,1-2H3/p+1/t12-/m1/s1. The molecule has 0 fully saturated rings. The number of phenolic OH excluding ortho intramolecular Hbond substituents is 1. The summed E-state index contributed by atoms with van der Waals surface area (Å²) in [6.07, 6.45) is 0. The molecule has 0 aliphatic carbocycles. The molecule has 0 saturated heterocycles. The Balaban J connectivity index is 1.89. The van der Waals surface area contributed by atoms with E-state index in [1.54, 1.807) is 19.1 Å². The van der Waals surface area contributed by atoms with Gasteiger partial charge in [0.25, 0.3) is 0 Å². The van der Waals surface area contributed by atoms with Crippen LogP contribution in [0, 0.1) is 6.92 Å². The summed E-state index contributed by atoms with van der Waals surface area (Å²) in [4.78, 5) is 11.8. The van der Waals surface area contributed by atoms with Crippen LogP contribution in [-0.4, -0.2) is 5.11 Å². The fraction of sp³-hybridized carbons (Fsp3) is 0.211. The number of hydrogen-bond donors (Lipinski definition) is 2. The largest absolute Gasteiger partial charge is 0.508 e. The summed E-state index contributed by atoms with van der Waals surface area (Å²) in [6, 6.07) is 12.9. The van der Waals surface area contributed by atoms with Crippen LogP contribution in [0.2, 0.25) is 5.02 Å². The summed E-state index contributed by atoms with van der Waals surface area (Å²) < 4.78 is 5.27. The van der Waals surface area contributed by atoms with Gasteiger partial charge in [-0.1, -0.05) is 23.7 Å². The van der Waals surface area contributed by atoms with E-state index in [2.05, 4.69) is 12.2 Å². The molecule has 3 rings (SSSR count). The normalized spacial score (nSPS) is 12.5. The molecule has 0 amide bonds. The van der Waals surface area contributed by atoms with Crippen LogP contribution in [0.5, 0.6) is 5.75 Å². The molecule has 24 heavy (non-hydrogen) atoms. The molecule has 0 bridgehead atoms. The van der Waals surface area contributed by atoms with Crippen molar-refractivity contribution >= 4 is 22.6 Å². The van der Waals surface area contributed by atoms with Crippen LogP contribution in [0.3, 0.4) is 0 Å². The van der Waals surface area contributed by atoms with Crippen molar-refractivity contribution in [3.63, 3.8) is 0 Å². The van der Waals surface area contributed by atoms with Crippen LogP contribution in [0.25, 0.3) is 11.0 Å². The Labute approximate surface area is 144 Å². The number of rotatable bonds is 4. The van der Waals surface area contributed by atoms with E-state index in [0.717, 1.165) is 10.9 Å². The molecule has 124 valence electrons. The summed E-state index contributed by atoms with van der Waals surface area (Å²) in [5, 5.41) is 13.5. The van der Waals surface area contributed by atoms with Gasteiger partial charge in [-0.25, -0.2) is 4.79 Å². The highest BCUT2D eigenvalue weighted by Gasteiger charge is 2.14. The fourth-order valence-corrected chi connectivity index (χ4v) is 2.92. The maximum atomic E-state index is 11.8. The van der Waals surface area contributed by atoms with Crippen LogP contribution >= 0.6 is 11.6 Å². The van der Waals surface area contributed by atoms with Crippen LogP contribution in [0.1, 0.15) is 29.7 Å². The average Bonchev–Trinajstić information content (AvgIpc) is 2.56. The number of halogens is 1. The van der Waals surface area contributed by atoms with E-state index >= 15 is 0 Å². The Hall–Kier alpha value is -2.30. The van der Waals surface area contributed by atoms with E-state index < -0.39 is 5.63 Å². The van der Waals surface area contributed by atoms with E-state index in [1.807, 2.05) is 24.3 Å². The van der Waals surface area contributed by atoms with Crippen molar-refractivity contribution in [3.8, 4) is 5.75 Å². The quantitative estimate of drug-likeness (QED) is 0.714. The summed E-state index contributed by atoms with van der Waals surface area (Å²) in [5.74, 6) is 0.126. The second kappa shape index (κ2) is 6.67. The van der Waals surface area contributed by atoms with E-state index in [1.165, 1.54) is 11.6 Å². The number of nitrogens with two attached hydrogens (primary N) is 1. The molecule has 0 saturated carbocycles. The number of aromatic hydroxyl groups is 1. The molecule has 0 radical (unpaired) electrons. The van der Waals surface area contributed by atoms with Crippen LogP contribution in [0.4, 0.5) is 0 Å². The first-order valence-electron chi connectivity index (χ1n) is 7.80. The number of phenols is 1. The highest BCUT2D eigenvalue weighted by molar-refractivity contribution is 6.30. The van der Waals surface area contributed by atoms with Crippen molar-refractivity contribution in [2.45, 2.75) is 26.4 Å². The summed E-state index contributed by atoms with van der Waals surface area (Å²) in [7, 11) is 0. The van der Waals surface area contributed by atoms with Gasteiger partial charge in [-0.2, -0.15) is 0 Å². The van der Waals surface area contributed by atoms with Gasteiger partial charge in [-0.3, -0.25) is 0 Å². The van der Waals surface area contributed by atoms with Crippen LogP contribution in [0.15, 0.2) is 51.7 Å². The Morgan fingerprint density at radius 3 is 2.62 bits per heavy atom. The Kier molecular flexibility index (Phi) is 4.60. The Morgan fingerprint density at radius 2 is 1.92 bits per heavy atom. The fourth-order valence-electron chi connectivity index (χ4n) is 2.79. The number of benzene rings is 2. The van der Waals surface area contributed by atoms with Crippen molar-refractivity contribution in [2.75, 3.05) is 0 Å². The van der Waals surface area contributed by atoms with Gasteiger partial charge in [-0.05, 0) is 38.1 Å². The van der Waals surface area contributed by atoms with Gasteiger partial charge >= 0.3 is 5.63 Å². The third kappa shape index (κ3) is 3.30. The molecule has 0 aliphatic rings. The Morgan fingerprint density at radius 1 is 1.21 bits per heavy atom. The molecule has 0 unspecified atom stereocenters. The monoisotopic (exact) mass is 344 g/mol. The van der Waals surface area contributed by atoms with Crippen molar-refractivity contribution in [1.29, 1.82) is 0 Å². The predicted molar refractivity (Wildman–Crippen MR) is 94.4 cm³/mol. The van der Waals surface area contributed by atoms with Gasteiger partial charge in [0.1, 0.15) is 23.9 Å². The lowest BCUT2D eigenvalue weighted by Crippen LogP contribution is -2.83. The smallest absolute Gasteiger partial charge is 0.336 e. The minimum Gasteiger partial charge on any atom is -0.508 e. The molecular formula is C19H19ClNO3+. The Bertz CT molecular complexity index is 932. The van der Waals surface area contributed by atoms with Crippen molar-refractivity contribution in [2.24, 2.45) is 0 Å². The van der Waals surface area contributed by atoms with Gasteiger partial charge in [0, 0.05) is 33.2 Å². The number of quaternary nitrogens is 1. The lowest BCUT2D eigenvalue weighted by atomic mass is 10.0. The maximum absolute atomic E-state index is 11.8. The third-order valence-corrected chi connectivity index (χ3v) is 4.56. The number of fused-ring (bicyclic) bond motifs is 1. The molecule has 1 heterocycles. The second-order valence-electron chi connectivity index (χ2n) is 5.96. The maximum Gasteiger partial charge on any atom is 0.336 e. The highest BCUT2D eigenvalue weighted by Crippen LogP contribution is 2.27. The van der Waals surface area contributed by atoms with E-state index in [-0.39, 0.29) is 11.8 Å². The van der Waals surface area contributed by atoms with Gasteiger partial charge in [0.15, 0.2) is 0 Å². The van der Waals surface area contributed by atoms with E-state index in [4.69, 9.17) is 16.0 Å². The summed E-state index contributed by atoms with van der Waals surface area (Å²) in [6.45, 7) is 4.48. The minimum atomic E-state index is -0.404. The average molecular weight is 345 g/mol. The first-order chi connectivity index (χ1) is 11.5. The van der Waals surface area contributed by atoms with Crippen molar-refractivity contribution in [3.05, 3.63) is 74.6 Å².